The van der Waals surface area contributed by atoms with Crippen LogP contribution in [-0.2, 0) is 10.2 Å². The maximum Gasteiger partial charge on any atom is 0.230 e. The van der Waals surface area contributed by atoms with Crippen LogP contribution in [-0.4, -0.2) is 24.2 Å². The summed E-state index contributed by atoms with van der Waals surface area (Å²) in [7, 11) is 0. The zero-order valence-corrected chi connectivity index (χ0v) is 12.4. The summed E-state index contributed by atoms with van der Waals surface area (Å²) in [6.45, 7) is 8.65. The fourth-order valence-electron chi connectivity index (χ4n) is 1.92. The van der Waals surface area contributed by atoms with E-state index in [0.717, 1.165) is 5.56 Å². The number of carbonyl (C=O) groups excluding carboxylic acids is 1. The maximum atomic E-state index is 12.3. The van der Waals surface area contributed by atoms with E-state index >= 15 is 0 Å². The first-order chi connectivity index (χ1) is 8.79. The molecule has 0 saturated heterocycles. The highest BCUT2D eigenvalue weighted by atomic mass is 16.3. The molecule has 2 N–H and O–H groups in total. The molecule has 1 aromatic rings. The summed E-state index contributed by atoms with van der Waals surface area (Å²) in [5.74, 6) is 0.0183. The van der Waals surface area contributed by atoms with Crippen molar-refractivity contribution in [2.45, 2.75) is 39.5 Å². The summed E-state index contributed by atoms with van der Waals surface area (Å²) < 4.78 is 0. The molecule has 1 rings (SSSR count). The predicted octanol–water partition coefficient (Wildman–Crippen LogP) is 2.49. The van der Waals surface area contributed by atoms with E-state index in [4.69, 9.17) is 5.11 Å². The summed E-state index contributed by atoms with van der Waals surface area (Å²) in [6.07, 6.45) is 0.680. The van der Waals surface area contributed by atoms with Crippen molar-refractivity contribution in [1.82, 2.24) is 5.32 Å². The normalized spacial score (nSPS) is 12.3. The fraction of sp³-hybridized carbons (Fsp3) is 0.562. The smallest absolute Gasteiger partial charge is 0.230 e. The van der Waals surface area contributed by atoms with Crippen molar-refractivity contribution >= 4 is 5.91 Å². The Morgan fingerprint density at radius 3 is 2.26 bits per heavy atom. The zero-order valence-electron chi connectivity index (χ0n) is 12.4. The second-order valence-corrected chi connectivity index (χ2v) is 6.31. The molecule has 3 nitrogen and oxygen atoms in total. The summed E-state index contributed by atoms with van der Waals surface area (Å²) >= 11 is 0. The third-order valence-electron chi connectivity index (χ3n) is 3.58. The van der Waals surface area contributed by atoms with Gasteiger partial charge in [0.15, 0.2) is 0 Å². The fourth-order valence-corrected chi connectivity index (χ4v) is 1.92. The van der Waals surface area contributed by atoms with Crippen LogP contribution in [0.4, 0.5) is 0 Å². The molecule has 1 aromatic carbocycles. The number of nitrogens with one attached hydrogen (secondary N) is 1. The van der Waals surface area contributed by atoms with Gasteiger partial charge >= 0.3 is 0 Å². The Labute approximate surface area is 116 Å². The summed E-state index contributed by atoms with van der Waals surface area (Å²) in [4.78, 5) is 12.3. The summed E-state index contributed by atoms with van der Waals surface area (Å²) in [6, 6.07) is 9.78. The molecule has 3 heteroatoms. The number of benzene rings is 1. The lowest BCUT2D eigenvalue weighted by Gasteiger charge is -2.29. The van der Waals surface area contributed by atoms with Gasteiger partial charge in [-0.25, -0.2) is 0 Å². The first kappa shape index (κ1) is 15.7. The Morgan fingerprint density at radius 2 is 1.74 bits per heavy atom. The van der Waals surface area contributed by atoms with Gasteiger partial charge in [-0.05, 0) is 31.2 Å². The van der Waals surface area contributed by atoms with Crippen molar-refractivity contribution in [1.29, 1.82) is 0 Å². The molecule has 0 spiro atoms. The number of amides is 1. The molecule has 0 atom stereocenters. The molecule has 0 unspecified atom stereocenters. The van der Waals surface area contributed by atoms with Crippen LogP contribution in [0.15, 0.2) is 30.3 Å². The second-order valence-electron chi connectivity index (χ2n) is 6.31. The maximum absolute atomic E-state index is 12.3. The minimum atomic E-state index is -0.545. The lowest BCUT2D eigenvalue weighted by atomic mass is 9.83. The lowest BCUT2D eigenvalue weighted by Crippen LogP contribution is -2.44. The van der Waals surface area contributed by atoms with E-state index in [1.165, 1.54) is 0 Å². The second kappa shape index (κ2) is 6.20. The van der Waals surface area contributed by atoms with E-state index in [-0.39, 0.29) is 17.9 Å². The minimum absolute atomic E-state index is 0.0183. The largest absolute Gasteiger partial charge is 0.396 e. The van der Waals surface area contributed by atoms with Crippen molar-refractivity contribution < 1.29 is 9.90 Å². The molecule has 106 valence electrons. The van der Waals surface area contributed by atoms with Gasteiger partial charge in [0.2, 0.25) is 5.91 Å². The molecular weight excluding hydrogens is 238 g/mol. The number of aliphatic hydroxyl groups is 1. The van der Waals surface area contributed by atoms with Crippen LogP contribution in [0.25, 0.3) is 0 Å². The molecule has 0 heterocycles. The van der Waals surface area contributed by atoms with Gasteiger partial charge in [0.1, 0.15) is 0 Å². The molecule has 0 fully saturated rings. The Hall–Kier alpha value is -1.35. The van der Waals surface area contributed by atoms with E-state index in [1.54, 1.807) is 0 Å². The first-order valence-corrected chi connectivity index (χ1v) is 6.74. The highest BCUT2D eigenvalue weighted by molar-refractivity contribution is 5.87. The molecule has 0 bridgehead atoms. The van der Waals surface area contributed by atoms with Gasteiger partial charge in [-0.1, -0.05) is 44.2 Å². The van der Waals surface area contributed by atoms with Crippen molar-refractivity contribution in [3.63, 3.8) is 0 Å². The minimum Gasteiger partial charge on any atom is -0.396 e. The highest BCUT2D eigenvalue weighted by Gasteiger charge is 2.30. The summed E-state index contributed by atoms with van der Waals surface area (Å²) in [5, 5.41) is 12.0. The molecule has 1 amide bonds. The average Bonchev–Trinajstić information content (AvgIpc) is 2.37. The van der Waals surface area contributed by atoms with Gasteiger partial charge in [-0.15, -0.1) is 0 Å². The van der Waals surface area contributed by atoms with Gasteiger partial charge in [0.25, 0.3) is 0 Å². The molecule has 0 radical (unpaired) electrons. The Kier molecular flexibility index (Phi) is 5.12. The van der Waals surface area contributed by atoms with Crippen LogP contribution in [0.5, 0.6) is 0 Å². The van der Waals surface area contributed by atoms with Crippen molar-refractivity contribution in [2.24, 2.45) is 5.41 Å². The number of hydrogen-bond donors (Lipinski definition) is 2. The van der Waals surface area contributed by atoms with Crippen LogP contribution in [0.3, 0.4) is 0 Å². The molecule has 0 aromatic heterocycles. The Morgan fingerprint density at radius 1 is 1.16 bits per heavy atom. The van der Waals surface area contributed by atoms with E-state index < -0.39 is 5.41 Å². The average molecular weight is 263 g/mol. The third-order valence-corrected chi connectivity index (χ3v) is 3.58. The van der Waals surface area contributed by atoms with Gasteiger partial charge < -0.3 is 10.4 Å². The molecular formula is C16H25NO2. The van der Waals surface area contributed by atoms with E-state index in [1.807, 2.05) is 58.0 Å². The van der Waals surface area contributed by atoms with Crippen LogP contribution in [0, 0.1) is 5.41 Å². The zero-order chi connectivity index (χ0) is 14.5. The standard InChI is InChI=1S/C16H25NO2/c1-15(2,10-11-18)12-17-14(19)16(3,4)13-8-6-5-7-9-13/h5-9,18H,10-12H2,1-4H3,(H,17,19). The van der Waals surface area contributed by atoms with Crippen molar-refractivity contribution in [2.75, 3.05) is 13.2 Å². The van der Waals surface area contributed by atoms with Gasteiger partial charge in [-0.2, -0.15) is 0 Å². The van der Waals surface area contributed by atoms with Crippen LogP contribution < -0.4 is 5.32 Å². The molecule has 0 aliphatic carbocycles. The van der Waals surface area contributed by atoms with Gasteiger partial charge in [0.05, 0.1) is 5.41 Å². The monoisotopic (exact) mass is 263 g/mol. The van der Waals surface area contributed by atoms with Crippen molar-refractivity contribution in [3.8, 4) is 0 Å². The highest BCUT2D eigenvalue weighted by Crippen LogP contribution is 2.24. The van der Waals surface area contributed by atoms with E-state index in [0.29, 0.717) is 13.0 Å². The van der Waals surface area contributed by atoms with Gasteiger partial charge in [-0.3, -0.25) is 4.79 Å². The van der Waals surface area contributed by atoms with Crippen LogP contribution in [0.1, 0.15) is 39.7 Å². The van der Waals surface area contributed by atoms with Gasteiger partial charge in [0, 0.05) is 13.2 Å². The third kappa shape index (κ3) is 4.35. The summed E-state index contributed by atoms with van der Waals surface area (Å²) in [5.41, 5.74) is 0.376. The molecule has 0 saturated carbocycles. The number of carbonyl (C=O) groups is 1. The molecule has 0 aliphatic heterocycles. The number of aliphatic hydroxyl groups excluding tert-OH is 1. The first-order valence-electron chi connectivity index (χ1n) is 6.74. The van der Waals surface area contributed by atoms with E-state index in [2.05, 4.69) is 5.32 Å². The number of rotatable bonds is 6. The SMILES string of the molecule is CC(C)(CCO)CNC(=O)C(C)(C)c1ccccc1. The lowest BCUT2D eigenvalue weighted by molar-refractivity contribution is -0.126. The topological polar surface area (TPSA) is 49.3 Å². The van der Waals surface area contributed by atoms with Crippen molar-refractivity contribution in [3.05, 3.63) is 35.9 Å². The quantitative estimate of drug-likeness (QED) is 0.828. The Balaban J connectivity index is 2.68. The van der Waals surface area contributed by atoms with Crippen LogP contribution in [0.2, 0.25) is 0 Å². The predicted molar refractivity (Wildman–Crippen MR) is 78.0 cm³/mol. The molecule has 19 heavy (non-hydrogen) atoms. The molecule has 0 aliphatic rings. The Bertz CT molecular complexity index is 410. The number of hydrogen-bond acceptors (Lipinski definition) is 2. The van der Waals surface area contributed by atoms with Crippen LogP contribution >= 0.6 is 0 Å². The van der Waals surface area contributed by atoms with E-state index in [9.17, 15) is 4.79 Å².